The zero-order valence-corrected chi connectivity index (χ0v) is 18.8. The molecule has 0 amide bonds. The third kappa shape index (κ3) is 4.54. The molecule has 1 aliphatic rings. The van der Waals surface area contributed by atoms with Crippen LogP contribution in [0.15, 0.2) is 60.7 Å². The smallest absolute Gasteiger partial charge is 0.162 e. The first-order chi connectivity index (χ1) is 15.1. The second-order valence-corrected chi connectivity index (χ2v) is 8.26. The van der Waals surface area contributed by atoms with Crippen molar-refractivity contribution in [2.75, 3.05) is 20.8 Å². The number of nitrogens with one attached hydrogen (secondary N) is 1. The monoisotopic (exact) mass is 417 g/mol. The fraction of sp³-hybridized carbons (Fsp3) is 0.333. The van der Waals surface area contributed by atoms with Gasteiger partial charge >= 0.3 is 0 Å². The van der Waals surface area contributed by atoms with Crippen molar-refractivity contribution >= 4 is 0 Å². The molecular formula is C27H31NO3. The first-order valence-corrected chi connectivity index (χ1v) is 10.9. The van der Waals surface area contributed by atoms with E-state index in [-0.39, 0.29) is 6.04 Å². The third-order valence-corrected chi connectivity index (χ3v) is 5.94. The molecule has 0 fully saturated rings. The fourth-order valence-corrected chi connectivity index (χ4v) is 4.29. The zero-order chi connectivity index (χ0) is 21.8. The summed E-state index contributed by atoms with van der Waals surface area (Å²) in [5.74, 6) is 2.85. The molecule has 1 atom stereocenters. The molecular weight excluding hydrogens is 386 g/mol. The van der Waals surface area contributed by atoms with Crippen LogP contribution in [0.5, 0.6) is 17.2 Å². The minimum absolute atomic E-state index is 0.108. The van der Waals surface area contributed by atoms with E-state index in [1.54, 1.807) is 14.2 Å². The zero-order valence-electron chi connectivity index (χ0n) is 18.8. The highest BCUT2D eigenvalue weighted by Gasteiger charge is 2.26. The van der Waals surface area contributed by atoms with E-state index in [0.717, 1.165) is 35.8 Å². The molecule has 31 heavy (non-hydrogen) atoms. The molecule has 3 aromatic carbocycles. The Hall–Kier alpha value is -2.98. The van der Waals surface area contributed by atoms with Crippen molar-refractivity contribution in [2.45, 2.75) is 38.8 Å². The van der Waals surface area contributed by atoms with E-state index >= 15 is 0 Å². The van der Waals surface area contributed by atoms with Crippen LogP contribution >= 0.6 is 0 Å². The Balaban J connectivity index is 1.72. The minimum atomic E-state index is 0.108. The van der Waals surface area contributed by atoms with Crippen molar-refractivity contribution in [3.8, 4) is 17.2 Å². The highest BCUT2D eigenvalue weighted by Crippen LogP contribution is 2.40. The van der Waals surface area contributed by atoms with Crippen molar-refractivity contribution in [1.82, 2.24) is 5.32 Å². The molecule has 0 aromatic heterocycles. The molecule has 3 aromatic rings. The summed E-state index contributed by atoms with van der Waals surface area (Å²) in [6, 6.07) is 21.0. The molecule has 1 unspecified atom stereocenters. The van der Waals surface area contributed by atoms with Crippen molar-refractivity contribution in [3.63, 3.8) is 0 Å². The number of rotatable bonds is 7. The van der Waals surface area contributed by atoms with Crippen LogP contribution in [-0.2, 0) is 13.0 Å². The highest BCUT2D eigenvalue weighted by atomic mass is 16.5. The maximum atomic E-state index is 6.21. The van der Waals surface area contributed by atoms with Gasteiger partial charge in [-0.25, -0.2) is 0 Å². The molecule has 0 saturated heterocycles. The topological polar surface area (TPSA) is 39.7 Å². The molecule has 4 nitrogen and oxygen atoms in total. The summed E-state index contributed by atoms with van der Waals surface area (Å²) in [7, 11) is 3.42. The van der Waals surface area contributed by atoms with E-state index in [9.17, 15) is 0 Å². The largest absolute Gasteiger partial charge is 0.497 e. The lowest BCUT2D eigenvalue weighted by Crippen LogP contribution is -2.31. The average molecular weight is 418 g/mol. The summed E-state index contributed by atoms with van der Waals surface area (Å²) in [6.45, 7) is 5.89. The summed E-state index contributed by atoms with van der Waals surface area (Å²) in [4.78, 5) is 0. The maximum absolute atomic E-state index is 6.21. The van der Waals surface area contributed by atoms with Crippen LogP contribution in [0.3, 0.4) is 0 Å². The van der Waals surface area contributed by atoms with Gasteiger partial charge in [0.25, 0.3) is 0 Å². The van der Waals surface area contributed by atoms with Crippen LogP contribution < -0.4 is 19.5 Å². The van der Waals surface area contributed by atoms with Crippen LogP contribution in [0.1, 0.15) is 53.6 Å². The van der Waals surface area contributed by atoms with Crippen molar-refractivity contribution in [1.29, 1.82) is 0 Å². The van der Waals surface area contributed by atoms with Gasteiger partial charge in [0.05, 0.1) is 20.3 Å². The van der Waals surface area contributed by atoms with Crippen LogP contribution in [-0.4, -0.2) is 20.8 Å². The third-order valence-electron chi connectivity index (χ3n) is 5.94. The Kier molecular flexibility index (Phi) is 6.47. The second kappa shape index (κ2) is 9.44. The molecule has 1 aliphatic heterocycles. The quantitative estimate of drug-likeness (QED) is 0.540. The summed E-state index contributed by atoms with van der Waals surface area (Å²) >= 11 is 0. The van der Waals surface area contributed by atoms with Gasteiger partial charge in [0.2, 0.25) is 0 Å². The Morgan fingerprint density at radius 3 is 2.42 bits per heavy atom. The molecule has 0 aliphatic carbocycles. The Morgan fingerprint density at radius 2 is 1.71 bits per heavy atom. The lowest BCUT2D eigenvalue weighted by atomic mass is 9.84. The van der Waals surface area contributed by atoms with Gasteiger partial charge in [-0.15, -0.1) is 0 Å². The summed E-state index contributed by atoms with van der Waals surface area (Å²) in [5.41, 5.74) is 6.28. The van der Waals surface area contributed by atoms with E-state index in [4.69, 9.17) is 14.2 Å². The highest BCUT2D eigenvalue weighted by molar-refractivity contribution is 5.53. The average Bonchev–Trinajstić information content (AvgIpc) is 2.82. The molecule has 0 spiro atoms. The van der Waals surface area contributed by atoms with Gasteiger partial charge in [0.15, 0.2) is 11.5 Å². The fourth-order valence-electron chi connectivity index (χ4n) is 4.29. The van der Waals surface area contributed by atoms with Crippen molar-refractivity contribution in [2.24, 2.45) is 0 Å². The predicted octanol–water partition coefficient (Wildman–Crippen LogP) is 5.64. The summed E-state index contributed by atoms with van der Waals surface area (Å²) < 4.78 is 17.4. The maximum Gasteiger partial charge on any atom is 0.162 e. The van der Waals surface area contributed by atoms with Gasteiger partial charge in [-0.3, -0.25) is 0 Å². The van der Waals surface area contributed by atoms with Gasteiger partial charge in [-0.1, -0.05) is 50.2 Å². The first-order valence-electron chi connectivity index (χ1n) is 10.9. The molecule has 0 saturated carbocycles. The van der Waals surface area contributed by atoms with Gasteiger partial charge in [-0.2, -0.15) is 0 Å². The summed E-state index contributed by atoms with van der Waals surface area (Å²) in [5, 5.41) is 3.73. The normalized spacial score (nSPS) is 15.5. The van der Waals surface area contributed by atoms with Crippen LogP contribution in [0, 0.1) is 0 Å². The Labute approximate surface area is 185 Å². The summed E-state index contributed by atoms with van der Waals surface area (Å²) in [6.07, 6.45) is 0.967. The van der Waals surface area contributed by atoms with Gasteiger partial charge in [0.1, 0.15) is 12.4 Å². The number of hydrogen-bond acceptors (Lipinski definition) is 4. The van der Waals surface area contributed by atoms with Crippen molar-refractivity contribution in [3.05, 3.63) is 88.5 Å². The number of hydrogen-bond donors (Lipinski definition) is 1. The lowest BCUT2D eigenvalue weighted by Gasteiger charge is -2.31. The minimum Gasteiger partial charge on any atom is -0.497 e. The van der Waals surface area contributed by atoms with Gasteiger partial charge in [0, 0.05) is 6.54 Å². The SMILES string of the molecule is COc1ccc(C2NCCc3cc(OC)c(OCc4ccccc4)cc32)c(C(C)C)c1. The van der Waals surface area contributed by atoms with E-state index in [0.29, 0.717) is 12.5 Å². The molecule has 162 valence electrons. The van der Waals surface area contributed by atoms with Gasteiger partial charge < -0.3 is 19.5 Å². The standard InChI is InChI=1S/C27H31NO3/c1-18(2)23-15-21(29-3)10-11-22(23)27-24-16-26(31-17-19-8-6-5-7-9-19)25(30-4)14-20(24)12-13-28-27/h5-11,14-16,18,27-28H,12-13,17H2,1-4H3. The second-order valence-electron chi connectivity index (χ2n) is 8.26. The van der Waals surface area contributed by atoms with Crippen LogP contribution in [0.25, 0.3) is 0 Å². The number of methoxy groups -OCH3 is 2. The predicted molar refractivity (Wildman–Crippen MR) is 124 cm³/mol. The number of benzene rings is 3. The first kappa shape index (κ1) is 21.3. The number of ether oxygens (including phenoxy) is 3. The van der Waals surface area contributed by atoms with E-state index < -0.39 is 0 Å². The Bertz CT molecular complexity index is 1030. The molecule has 4 heteroatoms. The molecule has 0 bridgehead atoms. The van der Waals surface area contributed by atoms with E-state index in [2.05, 4.69) is 55.6 Å². The Morgan fingerprint density at radius 1 is 0.903 bits per heavy atom. The molecule has 4 rings (SSSR count). The number of fused-ring (bicyclic) bond motifs is 1. The molecule has 1 heterocycles. The molecule has 0 radical (unpaired) electrons. The lowest BCUT2D eigenvalue weighted by molar-refractivity contribution is 0.283. The van der Waals surface area contributed by atoms with Crippen molar-refractivity contribution < 1.29 is 14.2 Å². The molecule has 1 N–H and O–H groups in total. The van der Waals surface area contributed by atoms with Crippen LogP contribution in [0.2, 0.25) is 0 Å². The van der Waals surface area contributed by atoms with E-state index in [1.165, 1.54) is 22.3 Å². The van der Waals surface area contributed by atoms with Gasteiger partial charge in [-0.05, 0) is 64.4 Å². The van der Waals surface area contributed by atoms with E-state index in [1.807, 2.05) is 24.3 Å². The van der Waals surface area contributed by atoms with Crippen LogP contribution in [0.4, 0.5) is 0 Å².